The average molecular weight is 333 g/mol. The summed E-state index contributed by atoms with van der Waals surface area (Å²) in [4.78, 5) is 23.4. The van der Waals surface area contributed by atoms with Gasteiger partial charge in [0.15, 0.2) is 0 Å². The van der Waals surface area contributed by atoms with Crippen molar-refractivity contribution in [3.05, 3.63) is 66.0 Å². The lowest BCUT2D eigenvalue weighted by Crippen LogP contribution is -2.49. The standard InChI is InChI=1S/C20H19N3O2/c1-25-16-8-6-14(7-9-16)10-20(24)23-12-15(13-23)19-11-21-17-4-2-3-5-18(17)22-19/h2-9,11,15H,10,12-13H2,1H3. The van der Waals surface area contributed by atoms with E-state index in [1.807, 2.05) is 59.6 Å². The molecule has 1 aliphatic rings. The molecule has 5 heteroatoms. The van der Waals surface area contributed by atoms with E-state index < -0.39 is 0 Å². The number of ether oxygens (including phenoxy) is 1. The third-order valence-electron chi connectivity index (χ3n) is 4.63. The van der Waals surface area contributed by atoms with Gasteiger partial charge in [0, 0.05) is 25.2 Å². The molecule has 1 saturated heterocycles. The number of nitrogens with zero attached hydrogens (tertiary/aromatic N) is 3. The van der Waals surface area contributed by atoms with E-state index in [4.69, 9.17) is 4.74 Å². The quantitative estimate of drug-likeness (QED) is 0.737. The van der Waals surface area contributed by atoms with E-state index in [1.54, 1.807) is 7.11 Å². The number of fused-ring (bicyclic) bond motifs is 1. The molecular formula is C20H19N3O2. The van der Waals surface area contributed by atoms with Gasteiger partial charge in [0.1, 0.15) is 5.75 Å². The van der Waals surface area contributed by atoms with Crippen LogP contribution in [0.3, 0.4) is 0 Å². The summed E-state index contributed by atoms with van der Waals surface area (Å²) in [5, 5.41) is 0. The minimum absolute atomic E-state index is 0.148. The fourth-order valence-electron chi connectivity index (χ4n) is 3.07. The Morgan fingerprint density at radius 2 is 1.84 bits per heavy atom. The zero-order chi connectivity index (χ0) is 17.2. The Hall–Kier alpha value is -2.95. The first-order valence-corrected chi connectivity index (χ1v) is 8.35. The Morgan fingerprint density at radius 3 is 2.56 bits per heavy atom. The Balaban J connectivity index is 1.37. The van der Waals surface area contributed by atoms with Crippen LogP contribution >= 0.6 is 0 Å². The van der Waals surface area contributed by atoms with Crippen molar-refractivity contribution < 1.29 is 9.53 Å². The van der Waals surface area contributed by atoms with Crippen LogP contribution < -0.4 is 4.74 Å². The smallest absolute Gasteiger partial charge is 0.227 e. The fourth-order valence-corrected chi connectivity index (χ4v) is 3.07. The van der Waals surface area contributed by atoms with Crippen molar-refractivity contribution in [1.82, 2.24) is 14.9 Å². The number of para-hydroxylation sites is 2. The Morgan fingerprint density at radius 1 is 1.12 bits per heavy atom. The van der Waals surface area contributed by atoms with Crippen molar-refractivity contribution in [1.29, 1.82) is 0 Å². The van der Waals surface area contributed by atoms with Crippen LogP contribution in [0.25, 0.3) is 11.0 Å². The maximum Gasteiger partial charge on any atom is 0.227 e. The summed E-state index contributed by atoms with van der Waals surface area (Å²) in [5.74, 6) is 1.22. The summed E-state index contributed by atoms with van der Waals surface area (Å²) in [6, 6.07) is 15.5. The molecule has 0 spiro atoms. The highest BCUT2D eigenvalue weighted by atomic mass is 16.5. The van der Waals surface area contributed by atoms with Crippen LogP contribution in [0, 0.1) is 0 Å². The van der Waals surface area contributed by atoms with Gasteiger partial charge in [-0.3, -0.25) is 9.78 Å². The SMILES string of the molecule is COc1ccc(CC(=O)N2CC(c3cnc4ccccc4n3)C2)cc1. The van der Waals surface area contributed by atoms with Crippen LogP contribution in [0.15, 0.2) is 54.7 Å². The lowest BCUT2D eigenvalue weighted by molar-refractivity contribution is -0.134. The van der Waals surface area contributed by atoms with E-state index in [0.29, 0.717) is 19.5 Å². The molecule has 0 N–H and O–H groups in total. The molecule has 0 unspecified atom stereocenters. The van der Waals surface area contributed by atoms with Crippen molar-refractivity contribution in [3.8, 4) is 5.75 Å². The molecular weight excluding hydrogens is 314 g/mol. The van der Waals surface area contributed by atoms with Gasteiger partial charge < -0.3 is 9.64 Å². The molecule has 0 radical (unpaired) electrons. The number of benzene rings is 2. The minimum Gasteiger partial charge on any atom is -0.497 e. The van der Waals surface area contributed by atoms with Crippen LogP contribution in [0.1, 0.15) is 17.2 Å². The van der Waals surface area contributed by atoms with E-state index in [2.05, 4.69) is 9.97 Å². The molecule has 2 aromatic carbocycles. The van der Waals surface area contributed by atoms with Crippen molar-refractivity contribution in [2.75, 3.05) is 20.2 Å². The van der Waals surface area contributed by atoms with Gasteiger partial charge in [0.25, 0.3) is 0 Å². The second-order valence-corrected chi connectivity index (χ2v) is 6.30. The van der Waals surface area contributed by atoms with Gasteiger partial charge in [-0.2, -0.15) is 0 Å². The zero-order valence-corrected chi connectivity index (χ0v) is 14.1. The molecule has 1 amide bonds. The van der Waals surface area contributed by atoms with Crippen LogP contribution in [0.4, 0.5) is 0 Å². The molecule has 25 heavy (non-hydrogen) atoms. The molecule has 1 fully saturated rings. The molecule has 1 aliphatic heterocycles. The third-order valence-corrected chi connectivity index (χ3v) is 4.63. The van der Waals surface area contributed by atoms with Gasteiger partial charge in [-0.1, -0.05) is 24.3 Å². The summed E-state index contributed by atoms with van der Waals surface area (Å²) in [6.45, 7) is 1.42. The fraction of sp³-hybridized carbons (Fsp3) is 0.250. The van der Waals surface area contributed by atoms with Gasteiger partial charge in [0.2, 0.25) is 5.91 Å². The lowest BCUT2D eigenvalue weighted by Gasteiger charge is -2.39. The number of likely N-dealkylation sites (tertiary alicyclic amines) is 1. The lowest BCUT2D eigenvalue weighted by atomic mass is 9.95. The molecule has 0 aliphatic carbocycles. The summed E-state index contributed by atoms with van der Waals surface area (Å²) in [7, 11) is 1.63. The van der Waals surface area contributed by atoms with Gasteiger partial charge in [-0.05, 0) is 29.8 Å². The topological polar surface area (TPSA) is 55.3 Å². The zero-order valence-electron chi connectivity index (χ0n) is 14.1. The maximum absolute atomic E-state index is 12.4. The number of methoxy groups -OCH3 is 1. The first-order chi connectivity index (χ1) is 12.2. The first kappa shape index (κ1) is 15.6. The van der Waals surface area contributed by atoms with Crippen LogP contribution in [0.5, 0.6) is 5.75 Å². The third kappa shape index (κ3) is 3.18. The highest BCUT2D eigenvalue weighted by Gasteiger charge is 2.32. The molecule has 0 atom stereocenters. The van der Waals surface area contributed by atoms with E-state index in [9.17, 15) is 4.79 Å². The average Bonchev–Trinajstić information content (AvgIpc) is 2.61. The first-order valence-electron chi connectivity index (χ1n) is 8.35. The van der Waals surface area contributed by atoms with E-state index in [1.165, 1.54) is 0 Å². The monoisotopic (exact) mass is 333 g/mol. The summed E-state index contributed by atoms with van der Waals surface area (Å²) in [5.41, 5.74) is 3.77. The molecule has 3 aromatic rings. The van der Waals surface area contributed by atoms with Crippen molar-refractivity contribution in [2.24, 2.45) is 0 Å². The van der Waals surface area contributed by atoms with Crippen molar-refractivity contribution in [3.63, 3.8) is 0 Å². The number of hydrogen-bond acceptors (Lipinski definition) is 4. The molecule has 126 valence electrons. The number of carbonyl (C=O) groups excluding carboxylic acids is 1. The largest absolute Gasteiger partial charge is 0.497 e. The minimum atomic E-state index is 0.148. The summed E-state index contributed by atoms with van der Waals surface area (Å²) >= 11 is 0. The van der Waals surface area contributed by atoms with Gasteiger partial charge in [-0.15, -0.1) is 0 Å². The van der Waals surface area contributed by atoms with Crippen molar-refractivity contribution in [2.45, 2.75) is 12.3 Å². The highest BCUT2D eigenvalue weighted by Crippen LogP contribution is 2.27. The van der Waals surface area contributed by atoms with E-state index in [0.717, 1.165) is 28.0 Å². The molecule has 4 rings (SSSR count). The molecule has 5 nitrogen and oxygen atoms in total. The number of rotatable bonds is 4. The maximum atomic E-state index is 12.4. The predicted octanol–water partition coefficient (Wildman–Crippen LogP) is 2.81. The molecule has 1 aromatic heterocycles. The Labute approximate surface area is 146 Å². The molecule has 0 saturated carbocycles. The van der Waals surface area contributed by atoms with E-state index in [-0.39, 0.29) is 11.8 Å². The molecule has 2 heterocycles. The van der Waals surface area contributed by atoms with Crippen LogP contribution in [-0.2, 0) is 11.2 Å². The van der Waals surface area contributed by atoms with Crippen molar-refractivity contribution >= 4 is 16.9 Å². The normalized spacial score (nSPS) is 14.4. The van der Waals surface area contributed by atoms with E-state index >= 15 is 0 Å². The van der Waals surface area contributed by atoms with Gasteiger partial charge >= 0.3 is 0 Å². The predicted molar refractivity (Wildman–Crippen MR) is 95.6 cm³/mol. The molecule has 0 bridgehead atoms. The summed E-state index contributed by atoms with van der Waals surface area (Å²) in [6.07, 6.45) is 2.25. The summed E-state index contributed by atoms with van der Waals surface area (Å²) < 4.78 is 5.14. The Bertz CT molecular complexity index is 902. The number of carbonyl (C=O) groups is 1. The Kier molecular flexibility index (Phi) is 4.06. The van der Waals surface area contributed by atoms with Gasteiger partial charge in [-0.25, -0.2) is 4.98 Å². The van der Waals surface area contributed by atoms with Crippen LogP contribution in [-0.4, -0.2) is 41.0 Å². The number of amides is 1. The number of aromatic nitrogens is 2. The highest BCUT2D eigenvalue weighted by molar-refractivity contribution is 5.80. The van der Waals surface area contributed by atoms with Crippen LogP contribution in [0.2, 0.25) is 0 Å². The second-order valence-electron chi connectivity index (χ2n) is 6.30. The second kappa shape index (κ2) is 6.51. The van der Waals surface area contributed by atoms with Gasteiger partial charge in [0.05, 0.1) is 30.3 Å². The number of hydrogen-bond donors (Lipinski definition) is 0.